The summed E-state index contributed by atoms with van der Waals surface area (Å²) >= 11 is 6.34. The molecule has 132 valence electrons. The van der Waals surface area contributed by atoms with Gasteiger partial charge in [0, 0.05) is 0 Å². The number of nitrogens with zero attached hydrogens (tertiary/aromatic N) is 1. The number of carbonyl (C=O) groups excluding carboxylic acids is 1. The molecule has 2 rings (SSSR count). The number of amides is 2. The van der Waals surface area contributed by atoms with Gasteiger partial charge in [0.2, 0.25) is 0 Å². The number of primary amides is 1. The van der Waals surface area contributed by atoms with Gasteiger partial charge in [-0.3, -0.25) is 0 Å². The first kappa shape index (κ1) is 18.6. The van der Waals surface area contributed by atoms with E-state index in [9.17, 15) is 4.79 Å². The van der Waals surface area contributed by atoms with Crippen LogP contribution in [0.5, 0.6) is 11.5 Å². The molecule has 3 N–H and O–H groups in total. The third kappa shape index (κ3) is 5.39. The molecule has 0 saturated carbocycles. The molecule has 25 heavy (non-hydrogen) atoms. The Labute approximate surface area is 151 Å². The van der Waals surface area contributed by atoms with Crippen LogP contribution in [0.2, 0.25) is 5.02 Å². The van der Waals surface area contributed by atoms with E-state index in [-0.39, 0.29) is 0 Å². The average Bonchev–Trinajstić information content (AvgIpc) is 2.55. The van der Waals surface area contributed by atoms with Gasteiger partial charge >= 0.3 is 6.03 Å². The van der Waals surface area contributed by atoms with E-state index in [4.69, 9.17) is 26.8 Å². The lowest BCUT2D eigenvalue weighted by molar-refractivity contribution is 0.249. The van der Waals surface area contributed by atoms with Crippen LogP contribution in [0.4, 0.5) is 4.79 Å². The monoisotopic (exact) mass is 361 g/mol. The van der Waals surface area contributed by atoms with Crippen LogP contribution in [-0.4, -0.2) is 18.9 Å². The van der Waals surface area contributed by atoms with Gasteiger partial charge in [-0.15, -0.1) is 0 Å². The molecule has 2 amide bonds. The van der Waals surface area contributed by atoms with Gasteiger partial charge in [0.25, 0.3) is 0 Å². The largest absolute Gasteiger partial charge is 0.490 e. The summed E-state index contributed by atoms with van der Waals surface area (Å²) in [4.78, 5) is 10.7. The summed E-state index contributed by atoms with van der Waals surface area (Å²) in [6, 6.07) is 10.6. The molecule has 0 aliphatic rings. The van der Waals surface area contributed by atoms with Gasteiger partial charge in [0.05, 0.1) is 17.8 Å². The SMILES string of the molecule is CCOc1cc(/C=N\NC(N)=O)cc(Cl)c1OCc1ccccc1C. The minimum atomic E-state index is -0.745. The summed E-state index contributed by atoms with van der Waals surface area (Å²) in [5, 5.41) is 4.10. The fourth-order valence-corrected chi connectivity index (χ4v) is 2.43. The zero-order chi connectivity index (χ0) is 18.2. The second-order valence-electron chi connectivity index (χ2n) is 5.21. The number of nitrogens with two attached hydrogens (primary N) is 1. The van der Waals surface area contributed by atoms with Crippen molar-refractivity contribution in [3.63, 3.8) is 0 Å². The van der Waals surface area contributed by atoms with E-state index in [1.165, 1.54) is 6.21 Å². The summed E-state index contributed by atoms with van der Waals surface area (Å²) in [5.41, 5.74) is 9.93. The number of rotatable bonds is 7. The average molecular weight is 362 g/mol. The third-order valence-electron chi connectivity index (χ3n) is 3.35. The first-order valence-electron chi connectivity index (χ1n) is 7.73. The fourth-order valence-electron chi connectivity index (χ4n) is 2.16. The van der Waals surface area contributed by atoms with Crippen molar-refractivity contribution in [2.75, 3.05) is 6.61 Å². The van der Waals surface area contributed by atoms with Crippen LogP contribution >= 0.6 is 11.6 Å². The van der Waals surface area contributed by atoms with Gasteiger partial charge in [-0.05, 0) is 42.7 Å². The van der Waals surface area contributed by atoms with Crippen LogP contribution < -0.4 is 20.6 Å². The van der Waals surface area contributed by atoms with Gasteiger partial charge in [-0.1, -0.05) is 35.9 Å². The van der Waals surface area contributed by atoms with E-state index >= 15 is 0 Å². The predicted octanol–water partition coefficient (Wildman–Crippen LogP) is 3.63. The molecule has 2 aromatic rings. The lowest BCUT2D eigenvalue weighted by atomic mass is 10.1. The maximum absolute atomic E-state index is 10.7. The number of benzene rings is 2. The Morgan fingerprint density at radius 2 is 2.08 bits per heavy atom. The van der Waals surface area contributed by atoms with Crippen LogP contribution in [-0.2, 0) is 6.61 Å². The van der Waals surface area contributed by atoms with Crippen molar-refractivity contribution in [3.05, 3.63) is 58.1 Å². The van der Waals surface area contributed by atoms with E-state index in [2.05, 4.69) is 10.5 Å². The first-order valence-corrected chi connectivity index (χ1v) is 8.11. The van der Waals surface area contributed by atoms with Gasteiger partial charge in [-0.2, -0.15) is 5.10 Å². The maximum Gasteiger partial charge on any atom is 0.332 e. The lowest BCUT2D eigenvalue weighted by Gasteiger charge is -2.15. The molecule has 7 heteroatoms. The molecular formula is C18H20ClN3O3. The standard InChI is InChI=1S/C18H20ClN3O3/c1-3-24-16-9-13(10-21-22-18(20)23)8-15(19)17(16)25-11-14-7-5-4-6-12(14)2/h4-10H,3,11H2,1-2H3,(H3,20,22,23)/b21-10-. The summed E-state index contributed by atoms with van der Waals surface area (Å²) < 4.78 is 11.5. The molecule has 0 aromatic heterocycles. The molecule has 0 bridgehead atoms. The smallest absolute Gasteiger partial charge is 0.332 e. The second-order valence-corrected chi connectivity index (χ2v) is 5.62. The number of carbonyl (C=O) groups is 1. The number of hydrazone groups is 1. The van der Waals surface area contributed by atoms with Gasteiger partial charge < -0.3 is 15.2 Å². The molecule has 0 aliphatic carbocycles. The Balaban J connectivity index is 2.23. The minimum Gasteiger partial charge on any atom is -0.490 e. The van der Waals surface area contributed by atoms with Gasteiger partial charge in [0.1, 0.15) is 6.61 Å². The Morgan fingerprint density at radius 1 is 1.32 bits per heavy atom. The summed E-state index contributed by atoms with van der Waals surface area (Å²) in [7, 11) is 0. The van der Waals surface area contributed by atoms with E-state index in [0.29, 0.717) is 35.3 Å². The highest BCUT2D eigenvalue weighted by Crippen LogP contribution is 2.37. The quantitative estimate of drug-likeness (QED) is 0.583. The number of urea groups is 1. The Bertz CT molecular complexity index is 778. The molecular weight excluding hydrogens is 342 g/mol. The molecule has 0 atom stereocenters. The highest BCUT2D eigenvalue weighted by Gasteiger charge is 2.13. The fraction of sp³-hybridized carbons (Fsp3) is 0.222. The molecule has 6 nitrogen and oxygen atoms in total. The summed E-state index contributed by atoms with van der Waals surface area (Å²) in [5.74, 6) is 0.968. The molecule has 0 spiro atoms. The highest BCUT2D eigenvalue weighted by molar-refractivity contribution is 6.32. The van der Waals surface area contributed by atoms with E-state index in [0.717, 1.165) is 11.1 Å². The summed E-state index contributed by atoms with van der Waals surface area (Å²) in [6.45, 7) is 4.73. The van der Waals surface area contributed by atoms with Crippen LogP contribution in [0.25, 0.3) is 0 Å². The number of halogens is 1. The van der Waals surface area contributed by atoms with Crippen molar-refractivity contribution in [2.45, 2.75) is 20.5 Å². The van der Waals surface area contributed by atoms with Crippen LogP contribution in [0.1, 0.15) is 23.6 Å². The number of aryl methyl sites for hydroxylation is 1. The van der Waals surface area contributed by atoms with Crippen molar-refractivity contribution in [1.29, 1.82) is 0 Å². The lowest BCUT2D eigenvalue weighted by Crippen LogP contribution is -2.24. The Hall–Kier alpha value is -2.73. The van der Waals surface area contributed by atoms with Crippen LogP contribution in [0, 0.1) is 6.92 Å². The van der Waals surface area contributed by atoms with Crippen LogP contribution in [0.3, 0.4) is 0 Å². The molecule has 0 radical (unpaired) electrons. The predicted molar refractivity (Wildman–Crippen MR) is 98.4 cm³/mol. The van der Waals surface area contributed by atoms with Gasteiger partial charge in [0.15, 0.2) is 11.5 Å². The maximum atomic E-state index is 10.7. The minimum absolute atomic E-state index is 0.378. The topological polar surface area (TPSA) is 85.9 Å². The second kappa shape index (κ2) is 8.94. The molecule has 0 unspecified atom stereocenters. The van der Waals surface area contributed by atoms with Crippen molar-refractivity contribution in [2.24, 2.45) is 10.8 Å². The highest BCUT2D eigenvalue weighted by atomic mass is 35.5. The van der Waals surface area contributed by atoms with Crippen molar-refractivity contribution in [1.82, 2.24) is 5.43 Å². The molecule has 0 fully saturated rings. The molecule has 2 aromatic carbocycles. The number of hydrogen-bond acceptors (Lipinski definition) is 4. The molecule has 0 aliphatic heterocycles. The normalized spacial score (nSPS) is 10.7. The van der Waals surface area contributed by atoms with Crippen molar-refractivity contribution in [3.8, 4) is 11.5 Å². The first-order chi connectivity index (χ1) is 12.0. The number of nitrogens with one attached hydrogen (secondary N) is 1. The van der Waals surface area contributed by atoms with E-state index < -0.39 is 6.03 Å². The van der Waals surface area contributed by atoms with E-state index in [1.54, 1.807) is 12.1 Å². The number of hydrogen-bond donors (Lipinski definition) is 2. The molecule has 0 heterocycles. The molecule has 0 saturated heterocycles. The van der Waals surface area contributed by atoms with Crippen LogP contribution in [0.15, 0.2) is 41.5 Å². The zero-order valence-corrected chi connectivity index (χ0v) is 14.8. The van der Waals surface area contributed by atoms with Crippen molar-refractivity contribution < 1.29 is 14.3 Å². The number of ether oxygens (including phenoxy) is 2. The Kier molecular flexibility index (Phi) is 6.65. The van der Waals surface area contributed by atoms with E-state index in [1.807, 2.05) is 38.1 Å². The zero-order valence-electron chi connectivity index (χ0n) is 14.1. The summed E-state index contributed by atoms with van der Waals surface area (Å²) in [6.07, 6.45) is 1.42. The Morgan fingerprint density at radius 3 is 2.76 bits per heavy atom. The third-order valence-corrected chi connectivity index (χ3v) is 3.63. The van der Waals surface area contributed by atoms with Gasteiger partial charge in [-0.25, -0.2) is 10.2 Å². The van der Waals surface area contributed by atoms with Crippen molar-refractivity contribution >= 4 is 23.8 Å².